The van der Waals surface area contributed by atoms with Gasteiger partial charge in [0, 0.05) is 0 Å². The minimum Gasteiger partial charge on any atom is -0.394 e. The van der Waals surface area contributed by atoms with Crippen LogP contribution in [0, 0.1) is 0 Å². The Bertz CT molecular complexity index is 397. The number of aliphatic hydroxyl groups is 1. The lowest BCUT2D eigenvalue weighted by molar-refractivity contribution is -0.130. The zero-order valence-electron chi connectivity index (χ0n) is 8.60. The van der Waals surface area contributed by atoms with Gasteiger partial charge in [-0.3, -0.25) is 4.79 Å². The molecule has 5 heteroatoms. The van der Waals surface area contributed by atoms with Crippen LogP contribution in [0.5, 0.6) is 0 Å². The third-order valence-corrected chi connectivity index (χ3v) is 2.80. The highest BCUT2D eigenvalue weighted by molar-refractivity contribution is 6.33. The van der Waals surface area contributed by atoms with Crippen molar-refractivity contribution in [3.05, 3.63) is 29.3 Å². The molecule has 0 aromatic heterocycles. The number of amides is 1. The minimum atomic E-state index is -0.339. The maximum Gasteiger partial charge on any atom is 0.253 e. The average Bonchev–Trinajstić information content (AvgIpc) is 2.31. The van der Waals surface area contributed by atoms with Crippen LogP contribution in [0.15, 0.2) is 24.3 Å². The van der Waals surface area contributed by atoms with E-state index in [0.29, 0.717) is 17.3 Å². The number of para-hydroxylation sites is 1. The van der Waals surface area contributed by atoms with Crippen LogP contribution >= 0.6 is 11.6 Å². The normalized spacial score (nSPS) is 21.2. The Morgan fingerprint density at radius 2 is 2.25 bits per heavy atom. The van der Waals surface area contributed by atoms with Gasteiger partial charge in [-0.1, -0.05) is 23.7 Å². The first-order chi connectivity index (χ1) is 7.72. The Morgan fingerprint density at radius 1 is 1.50 bits per heavy atom. The van der Waals surface area contributed by atoms with Crippen LogP contribution in [-0.4, -0.2) is 36.9 Å². The van der Waals surface area contributed by atoms with E-state index in [1.54, 1.807) is 23.1 Å². The molecule has 1 saturated heterocycles. The Balaban J connectivity index is 2.25. The summed E-state index contributed by atoms with van der Waals surface area (Å²) in [6, 6.07) is 7.13. The van der Waals surface area contributed by atoms with Crippen LogP contribution in [0.3, 0.4) is 0 Å². The van der Waals surface area contributed by atoms with E-state index in [9.17, 15) is 4.79 Å². The Kier molecular flexibility index (Phi) is 3.43. The summed E-state index contributed by atoms with van der Waals surface area (Å²) in [5.74, 6) is -0.141. The summed E-state index contributed by atoms with van der Waals surface area (Å²) in [5.41, 5.74) is 0.663. The molecule has 1 aliphatic heterocycles. The van der Waals surface area contributed by atoms with Gasteiger partial charge in [0.25, 0.3) is 5.91 Å². The van der Waals surface area contributed by atoms with E-state index in [1.165, 1.54) is 0 Å². The van der Waals surface area contributed by atoms with Gasteiger partial charge in [0.1, 0.15) is 6.61 Å². The molecule has 0 saturated carbocycles. The van der Waals surface area contributed by atoms with Crippen LogP contribution < -0.4 is 4.90 Å². The van der Waals surface area contributed by atoms with Gasteiger partial charge >= 0.3 is 0 Å². The van der Waals surface area contributed by atoms with Gasteiger partial charge in [0.05, 0.1) is 30.0 Å². The quantitative estimate of drug-likeness (QED) is 0.843. The summed E-state index contributed by atoms with van der Waals surface area (Å²) in [4.78, 5) is 13.2. The molecule has 1 atom stereocenters. The van der Waals surface area contributed by atoms with E-state index in [0.717, 1.165) is 0 Å². The lowest BCUT2D eigenvalue weighted by atomic mass is 10.2. The van der Waals surface area contributed by atoms with Crippen LogP contribution in [-0.2, 0) is 9.53 Å². The Morgan fingerprint density at radius 3 is 2.94 bits per heavy atom. The SMILES string of the molecule is O=C1COC(CO)CN1c1ccccc1Cl. The molecule has 2 rings (SSSR count). The minimum absolute atomic E-state index is 0.0174. The monoisotopic (exact) mass is 241 g/mol. The third-order valence-electron chi connectivity index (χ3n) is 2.48. The van der Waals surface area contributed by atoms with Gasteiger partial charge in [-0.15, -0.1) is 0 Å². The summed E-state index contributed by atoms with van der Waals surface area (Å²) in [6.45, 7) is 0.212. The standard InChI is InChI=1S/C11H12ClNO3/c12-9-3-1-2-4-10(9)13-5-8(6-14)16-7-11(13)15/h1-4,8,14H,5-7H2. The lowest BCUT2D eigenvalue weighted by Crippen LogP contribution is -2.48. The van der Waals surface area contributed by atoms with Crippen LogP contribution in [0.2, 0.25) is 5.02 Å². The number of hydrogen-bond acceptors (Lipinski definition) is 3. The van der Waals surface area contributed by atoms with Gasteiger partial charge in [0.2, 0.25) is 0 Å². The topological polar surface area (TPSA) is 49.8 Å². The first-order valence-corrected chi connectivity index (χ1v) is 5.37. The second-order valence-corrected chi connectivity index (χ2v) is 3.98. The van der Waals surface area contributed by atoms with Crippen molar-refractivity contribution < 1.29 is 14.6 Å². The number of carbonyl (C=O) groups is 1. The van der Waals surface area contributed by atoms with E-state index in [4.69, 9.17) is 21.4 Å². The molecule has 1 aliphatic rings. The first kappa shape index (κ1) is 11.4. The zero-order valence-corrected chi connectivity index (χ0v) is 9.35. The summed E-state index contributed by atoms with van der Waals surface area (Å²) >= 11 is 6.02. The third kappa shape index (κ3) is 2.19. The smallest absolute Gasteiger partial charge is 0.253 e. The van der Waals surface area contributed by atoms with E-state index >= 15 is 0 Å². The number of hydrogen-bond donors (Lipinski definition) is 1. The van der Waals surface area contributed by atoms with Crippen molar-refractivity contribution in [1.29, 1.82) is 0 Å². The molecular weight excluding hydrogens is 230 g/mol. The fourth-order valence-corrected chi connectivity index (χ4v) is 1.88. The molecule has 1 fully saturated rings. The molecule has 1 amide bonds. The number of anilines is 1. The number of nitrogens with zero attached hydrogens (tertiary/aromatic N) is 1. The predicted molar refractivity (Wildman–Crippen MR) is 60.6 cm³/mol. The highest BCUT2D eigenvalue weighted by Crippen LogP contribution is 2.27. The van der Waals surface area contributed by atoms with Crippen molar-refractivity contribution in [2.24, 2.45) is 0 Å². The predicted octanol–water partition coefficient (Wildman–Crippen LogP) is 1.06. The van der Waals surface area contributed by atoms with Crippen LogP contribution in [0.25, 0.3) is 0 Å². The molecule has 1 heterocycles. The molecule has 0 radical (unpaired) electrons. The number of morpholine rings is 1. The van der Waals surface area contributed by atoms with E-state index in [-0.39, 0.29) is 25.2 Å². The molecule has 1 aromatic rings. The molecule has 1 aromatic carbocycles. The van der Waals surface area contributed by atoms with Crippen molar-refractivity contribution in [2.45, 2.75) is 6.10 Å². The van der Waals surface area contributed by atoms with E-state index < -0.39 is 0 Å². The molecule has 1 N–H and O–H groups in total. The van der Waals surface area contributed by atoms with Crippen LogP contribution in [0.1, 0.15) is 0 Å². The molecule has 16 heavy (non-hydrogen) atoms. The number of ether oxygens (including phenoxy) is 1. The number of halogens is 1. The lowest BCUT2D eigenvalue weighted by Gasteiger charge is -2.32. The van der Waals surface area contributed by atoms with Gasteiger partial charge in [-0.25, -0.2) is 0 Å². The van der Waals surface area contributed by atoms with E-state index in [1.807, 2.05) is 6.07 Å². The van der Waals surface area contributed by atoms with Gasteiger partial charge in [0.15, 0.2) is 0 Å². The fraction of sp³-hybridized carbons (Fsp3) is 0.364. The molecule has 0 bridgehead atoms. The first-order valence-electron chi connectivity index (χ1n) is 4.99. The molecular formula is C11H12ClNO3. The van der Waals surface area contributed by atoms with Crippen molar-refractivity contribution in [3.8, 4) is 0 Å². The van der Waals surface area contributed by atoms with Gasteiger partial charge in [-0.05, 0) is 12.1 Å². The molecule has 86 valence electrons. The summed E-state index contributed by atoms with van der Waals surface area (Å²) in [7, 11) is 0. The van der Waals surface area contributed by atoms with Gasteiger partial charge < -0.3 is 14.7 Å². The number of carbonyl (C=O) groups excluding carboxylic acids is 1. The number of aliphatic hydroxyl groups excluding tert-OH is 1. The molecule has 4 nitrogen and oxygen atoms in total. The van der Waals surface area contributed by atoms with Crippen molar-refractivity contribution in [3.63, 3.8) is 0 Å². The van der Waals surface area contributed by atoms with E-state index in [2.05, 4.69) is 0 Å². The maximum absolute atomic E-state index is 11.7. The number of rotatable bonds is 2. The van der Waals surface area contributed by atoms with Crippen molar-refractivity contribution in [1.82, 2.24) is 0 Å². The summed E-state index contributed by atoms with van der Waals surface area (Å²) in [6.07, 6.45) is -0.339. The van der Waals surface area contributed by atoms with Crippen molar-refractivity contribution >= 4 is 23.2 Å². The Hall–Kier alpha value is -1.10. The molecule has 1 unspecified atom stereocenters. The highest BCUT2D eigenvalue weighted by atomic mass is 35.5. The zero-order chi connectivity index (χ0) is 11.5. The Labute approximate surface area is 98.4 Å². The van der Waals surface area contributed by atoms with Crippen LogP contribution in [0.4, 0.5) is 5.69 Å². The summed E-state index contributed by atoms with van der Waals surface area (Å²) < 4.78 is 5.15. The second kappa shape index (κ2) is 4.82. The van der Waals surface area contributed by atoms with Crippen molar-refractivity contribution in [2.75, 3.05) is 24.7 Å². The highest BCUT2D eigenvalue weighted by Gasteiger charge is 2.27. The molecule has 0 spiro atoms. The van der Waals surface area contributed by atoms with Gasteiger partial charge in [-0.2, -0.15) is 0 Å². The maximum atomic E-state index is 11.7. The largest absolute Gasteiger partial charge is 0.394 e. The number of benzene rings is 1. The summed E-state index contributed by atoms with van der Waals surface area (Å²) in [5, 5.41) is 9.54. The average molecular weight is 242 g/mol. The fourth-order valence-electron chi connectivity index (χ4n) is 1.64. The second-order valence-electron chi connectivity index (χ2n) is 3.57. The molecule has 0 aliphatic carbocycles.